The number of nitrogens with zero attached hydrogens (tertiary/aromatic N) is 1. The number of piperidine rings is 1. The van der Waals surface area contributed by atoms with Crippen LogP contribution in [0.3, 0.4) is 0 Å². The van der Waals surface area contributed by atoms with Gasteiger partial charge in [0.25, 0.3) is 0 Å². The van der Waals surface area contributed by atoms with Gasteiger partial charge in [0.15, 0.2) is 0 Å². The van der Waals surface area contributed by atoms with E-state index >= 15 is 0 Å². The highest BCUT2D eigenvalue weighted by Crippen LogP contribution is 2.30. The number of phenols is 1. The van der Waals surface area contributed by atoms with E-state index in [0.29, 0.717) is 17.2 Å². The zero-order valence-electron chi connectivity index (χ0n) is 12.3. The SMILES string of the molecule is CC(NCC1(C)CCN(C)CC1)c1ccc(O)cc1. The Labute approximate surface area is 116 Å². The molecule has 3 nitrogen and oxygen atoms in total. The molecule has 0 spiro atoms. The van der Waals surface area contributed by atoms with Crippen LogP contribution in [0, 0.1) is 5.41 Å². The second kappa shape index (κ2) is 5.93. The van der Waals surface area contributed by atoms with Crippen molar-refractivity contribution in [1.29, 1.82) is 0 Å². The number of nitrogens with one attached hydrogen (secondary N) is 1. The molecule has 1 atom stereocenters. The smallest absolute Gasteiger partial charge is 0.115 e. The summed E-state index contributed by atoms with van der Waals surface area (Å²) in [6.45, 7) is 8.03. The summed E-state index contributed by atoms with van der Waals surface area (Å²) in [5.74, 6) is 0.332. The van der Waals surface area contributed by atoms with Crippen LogP contribution in [-0.2, 0) is 0 Å². The maximum absolute atomic E-state index is 9.31. The first-order valence-corrected chi connectivity index (χ1v) is 7.19. The van der Waals surface area contributed by atoms with E-state index in [9.17, 15) is 5.11 Å². The Bertz CT molecular complexity index is 394. The van der Waals surface area contributed by atoms with E-state index < -0.39 is 0 Å². The van der Waals surface area contributed by atoms with Crippen LogP contribution in [0.5, 0.6) is 5.75 Å². The molecule has 1 aromatic rings. The minimum Gasteiger partial charge on any atom is -0.508 e. The molecule has 0 radical (unpaired) electrons. The average molecular weight is 262 g/mol. The number of hydrogen-bond donors (Lipinski definition) is 2. The molecule has 1 aliphatic rings. The van der Waals surface area contributed by atoms with Gasteiger partial charge in [0, 0.05) is 12.6 Å². The van der Waals surface area contributed by atoms with Gasteiger partial charge >= 0.3 is 0 Å². The Kier molecular flexibility index (Phi) is 4.48. The van der Waals surface area contributed by atoms with Gasteiger partial charge in [-0.3, -0.25) is 0 Å². The van der Waals surface area contributed by atoms with E-state index in [4.69, 9.17) is 0 Å². The maximum atomic E-state index is 9.31. The predicted molar refractivity (Wildman–Crippen MR) is 79.4 cm³/mol. The Hall–Kier alpha value is -1.06. The molecule has 106 valence electrons. The van der Waals surface area contributed by atoms with Crippen molar-refractivity contribution in [3.05, 3.63) is 29.8 Å². The van der Waals surface area contributed by atoms with Crippen LogP contribution in [0.25, 0.3) is 0 Å². The molecular formula is C16H26N2O. The van der Waals surface area contributed by atoms with Gasteiger partial charge in [-0.25, -0.2) is 0 Å². The normalized spacial score (nSPS) is 21.2. The van der Waals surface area contributed by atoms with E-state index in [1.807, 2.05) is 12.1 Å². The molecular weight excluding hydrogens is 236 g/mol. The lowest BCUT2D eigenvalue weighted by Gasteiger charge is -2.38. The number of phenolic OH excluding ortho intramolecular Hbond substituents is 1. The van der Waals surface area contributed by atoms with Gasteiger partial charge in [0.05, 0.1) is 0 Å². The number of hydrogen-bond acceptors (Lipinski definition) is 3. The predicted octanol–water partition coefficient (Wildman–Crippen LogP) is 2.77. The highest BCUT2D eigenvalue weighted by Gasteiger charge is 2.28. The van der Waals surface area contributed by atoms with E-state index in [-0.39, 0.29) is 0 Å². The minimum absolute atomic E-state index is 0.331. The molecule has 0 saturated carbocycles. The molecule has 1 saturated heterocycles. The van der Waals surface area contributed by atoms with Gasteiger partial charge in [-0.2, -0.15) is 0 Å². The van der Waals surface area contributed by atoms with E-state index in [1.165, 1.54) is 31.5 Å². The Morgan fingerprint density at radius 2 is 1.84 bits per heavy atom. The Morgan fingerprint density at radius 1 is 1.26 bits per heavy atom. The van der Waals surface area contributed by atoms with Crippen LogP contribution in [0.1, 0.15) is 38.3 Å². The van der Waals surface area contributed by atoms with E-state index in [1.54, 1.807) is 12.1 Å². The largest absolute Gasteiger partial charge is 0.508 e. The van der Waals surface area contributed by atoms with Crippen LogP contribution in [0.2, 0.25) is 0 Å². The quantitative estimate of drug-likeness (QED) is 0.876. The molecule has 3 heteroatoms. The third-order valence-electron chi connectivity index (χ3n) is 4.42. The highest BCUT2D eigenvalue weighted by atomic mass is 16.3. The minimum atomic E-state index is 0.331. The molecule has 0 aliphatic carbocycles. The molecule has 2 N–H and O–H groups in total. The van der Waals surface area contributed by atoms with Gasteiger partial charge in [-0.05, 0) is 63.0 Å². The van der Waals surface area contributed by atoms with Crippen molar-refractivity contribution in [2.45, 2.75) is 32.7 Å². The van der Waals surface area contributed by atoms with Crippen molar-refractivity contribution in [2.24, 2.45) is 5.41 Å². The fraction of sp³-hybridized carbons (Fsp3) is 0.625. The second-order valence-electron chi connectivity index (χ2n) is 6.31. The first kappa shape index (κ1) is 14.4. The number of rotatable bonds is 4. The molecule has 19 heavy (non-hydrogen) atoms. The molecule has 1 aromatic carbocycles. The van der Waals surface area contributed by atoms with Crippen molar-refractivity contribution in [2.75, 3.05) is 26.7 Å². The maximum Gasteiger partial charge on any atom is 0.115 e. The first-order valence-electron chi connectivity index (χ1n) is 7.19. The van der Waals surface area contributed by atoms with Crippen LogP contribution < -0.4 is 5.32 Å². The van der Waals surface area contributed by atoms with E-state index in [2.05, 4.69) is 31.1 Å². The van der Waals surface area contributed by atoms with Crippen molar-refractivity contribution < 1.29 is 5.11 Å². The molecule has 1 fully saturated rings. The number of likely N-dealkylation sites (tertiary alicyclic amines) is 1. The molecule has 1 unspecified atom stereocenters. The first-order chi connectivity index (χ1) is 8.98. The van der Waals surface area contributed by atoms with Crippen LogP contribution in [0.4, 0.5) is 0 Å². The standard InChI is InChI=1S/C16H26N2O/c1-13(14-4-6-15(19)7-5-14)17-12-16(2)8-10-18(3)11-9-16/h4-7,13,17,19H,8-12H2,1-3H3. The summed E-state index contributed by atoms with van der Waals surface area (Å²) < 4.78 is 0. The van der Waals surface area contributed by atoms with Crippen molar-refractivity contribution in [3.63, 3.8) is 0 Å². The monoisotopic (exact) mass is 262 g/mol. The Morgan fingerprint density at radius 3 is 2.42 bits per heavy atom. The summed E-state index contributed by atoms with van der Waals surface area (Å²) in [5.41, 5.74) is 1.65. The third-order valence-corrected chi connectivity index (χ3v) is 4.42. The lowest BCUT2D eigenvalue weighted by atomic mass is 9.80. The van der Waals surface area contributed by atoms with Gasteiger partial charge < -0.3 is 15.3 Å². The average Bonchev–Trinajstić information content (AvgIpc) is 2.41. The number of benzene rings is 1. The summed E-state index contributed by atoms with van der Waals surface area (Å²) in [7, 11) is 2.20. The van der Waals surface area contributed by atoms with Gasteiger partial charge in [0.2, 0.25) is 0 Å². The van der Waals surface area contributed by atoms with E-state index in [0.717, 1.165) is 6.54 Å². The fourth-order valence-electron chi connectivity index (χ4n) is 2.62. The topological polar surface area (TPSA) is 35.5 Å². The molecule has 1 aliphatic heterocycles. The van der Waals surface area contributed by atoms with Crippen molar-refractivity contribution in [3.8, 4) is 5.75 Å². The van der Waals surface area contributed by atoms with Gasteiger partial charge in [-0.1, -0.05) is 19.1 Å². The summed E-state index contributed by atoms with van der Waals surface area (Å²) in [4.78, 5) is 2.41. The summed E-state index contributed by atoms with van der Waals surface area (Å²) >= 11 is 0. The third kappa shape index (κ3) is 3.95. The number of aromatic hydroxyl groups is 1. The molecule has 0 bridgehead atoms. The zero-order chi connectivity index (χ0) is 13.9. The summed E-state index contributed by atoms with van der Waals surface area (Å²) in [6, 6.07) is 7.82. The molecule has 0 amide bonds. The second-order valence-corrected chi connectivity index (χ2v) is 6.31. The summed E-state index contributed by atoms with van der Waals surface area (Å²) in [6.07, 6.45) is 2.53. The van der Waals surface area contributed by atoms with Crippen LogP contribution in [-0.4, -0.2) is 36.7 Å². The molecule has 0 aromatic heterocycles. The molecule has 1 heterocycles. The highest BCUT2D eigenvalue weighted by molar-refractivity contribution is 5.27. The van der Waals surface area contributed by atoms with Gasteiger partial charge in [0.1, 0.15) is 5.75 Å². The Balaban J connectivity index is 1.86. The van der Waals surface area contributed by atoms with Crippen LogP contribution >= 0.6 is 0 Å². The molecule has 2 rings (SSSR count). The lowest BCUT2D eigenvalue weighted by Crippen LogP contribution is -2.42. The van der Waals surface area contributed by atoms with Crippen molar-refractivity contribution >= 4 is 0 Å². The summed E-state index contributed by atoms with van der Waals surface area (Å²) in [5, 5.41) is 13.0. The lowest BCUT2D eigenvalue weighted by molar-refractivity contribution is 0.134. The zero-order valence-corrected chi connectivity index (χ0v) is 12.3. The van der Waals surface area contributed by atoms with Gasteiger partial charge in [-0.15, -0.1) is 0 Å². The van der Waals surface area contributed by atoms with Crippen LogP contribution in [0.15, 0.2) is 24.3 Å². The fourth-order valence-corrected chi connectivity index (χ4v) is 2.62. The van der Waals surface area contributed by atoms with Crippen molar-refractivity contribution in [1.82, 2.24) is 10.2 Å².